The Bertz CT molecular complexity index is 1120. The third-order valence-electron chi connectivity index (χ3n) is 5.91. The molecule has 1 aliphatic rings. The van der Waals surface area contributed by atoms with Gasteiger partial charge in [0, 0.05) is 33.6 Å². The first-order valence-corrected chi connectivity index (χ1v) is 10.8. The van der Waals surface area contributed by atoms with Crippen LogP contribution in [0.2, 0.25) is 5.02 Å². The summed E-state index contributed by atoms with van der Waals surface area (Å²) in [7, 11) is 0. The average molecular weight is 425 g/mol. The van der Waals surface area contributed by atoms with E-state index in [1.165, 1.54) is 11.0 Å². The highest BCUT2D eigenvalue weighted by atomic mass is 35.5. The Morgan fingerprint density at radius 3 is 2.60 bits per heavy atom. The third kappa shape index (κ3) is 4.27. The van der Waals surface area contributed by atoms with Crippen LogP contribution in [0.1, 0.15) is 43.9 Å². The summed E-state index contributed by atoms with van der Waals surface area (Å²) in [6.07, 6.45) is 6.19. The topological polar surface area (TPSA) is 71.3 Å². The summed E-state index contributed by atoms with van der Waals surface area (Å²) in [6.45, 7) is 0. The van der Waals surface area contributed by atoms with Gasteiger partial charge in [0.25, 0.3) is 5.56 Å². The van der Waals surface area contributed by atoms with Crippen LogP contribution in [0.5, 0.6) is 0 Å². The summed E-state index contributed by atoms with van der Waals surface area (Å²) in [6, 6.07) is 14.3. The van der Waals surface area contributed by atoms with E-state index in [0.29, 0.717) is 21.5 Å². The molecule has 0 saturated heterocycles. The summed E-state index contributed by atoms with van der Waals surface area (Å²) >= 11 is 6.15. The summed E-state index contributed by atoms with van der Waals surface area (Å²) < 4.78 is 1.42. The zero-order valence-electron chi connectivity index (χ0n) is 16.7. The number of aromatic nitrogens is 1. The van der Waals surface area contributed by atoms with E-state index in [1.54, 1.807) is 36.5 Å². The van der Waals surface area contributed by atoms with Crippen LogP contribution in [-0.4, -0.2) is 15.6 Å². The minimum Gasteiger partial charge on any atom is -0.373 e. The minimum atomic E-state index is -0.819. The summed E-state index contributed by atoms with van der Waals surface area (Å²) in [5.74, 6) is -0.102. The fourth-order valence-corrected chi connectivity index (χ4v) is 4.48. The van der Waals surface area contributed by atoms with Crippen LogP contribution in [-0.2, 0) is 11.2 Å². The van der Waals surface area contributed by atoms with Crippen molar-refractivity contribution in [1.29, 1.82) is 0 Å². The van der Waals surface area contributed by atoms with Crippen molar-refractivity contribution < 1.29 is 9.90 Å². The number of amides is 1. The molecule has 30 heavy (non-hydrogen) atoms. The summed E-state index contributed by atoms with van der Waals surface area (Å²) in [4.78, 5) is 25.6. The van der Waals surface area contributed by atoms with E-state index in [-0.39, 0.29) is 23.8 Å². The molecule has 5 nitrogen and oxygen atoms in total. The molecule has 156 valence electrons. The first-order chi connectivity index (χ1) is 14.5. The first-order valence-electron chi connectivity index (χ1n) is 10.4. The molecule has 1 aliphatic carbocycles. The molecule has 1 saturated carbocycles. The van der Waals surface area contributed by atoms with Gasteiger partial charge in [0.15, 0.2) is 0 Å². The maximum Gasteiger partial charge on any atom is 0.260 e. The van der Waals surface area contributed by atoms with Crippen molar-refractivity contribution in [2.24, 2.45) is 5.92 Å². The van der Waals surface area contributed by atoms with E-state index in [1.807, 2.05) is 18.2 Å². The van der Waals surface area contributed by atoms with Crippen LogP contribution >= 0.6 is 11.6 Å². The van der Waals surface area contributed by atoms with Crippen molar-refractivity contribution in [3.63, 3.8) is 0 Å². The van der Waals surface area contributed by atoms with Crippen molar-refractivity contribution in [2.45, 2.75) is 44.8 Å². The SMILES string of the molecule is O=C(Cc1ccccc1Cl)Nc1cccc2c(=O)n(C(O)C3CCCCC3)ccc12. The molecular formula is C24H25ClN2O3. The predicted molar refractivity (Wildman–Crippen MR) is 120 cm³/mol. The van der Waals surface area contributed by atoms with Crippen molar-refractivity contribution in [1.82, 2.24) is 4.57 Å². The van der Waals surface area contributed by atoms with Gasteiger partial charge < -0.3 is 10.4 Å². The number of nitrogens with one attached hydrogen (secondary N) is 1. The molecule has 0 bridgehead atoms. The molecule has 1 heterocycles. The number of hydrogen-bond donors (Lipinski definition) is 2. The number of aliphatic hydroxyl groups excluding tert-OH is 1. The summed E-state index contributed by atoms with van der Waals surface area (Å²) in [5, 5.41) is 15.3. The number of hydrogen-bond acceptors (Lipinski definition) is 3. The zero-order valence-corrected chi connectivity index (χ0v) is 17.4. The molecule has 1 atom stereocenters. The van der Waals surface area contributed by atoms with E-state index in [2.05, 4.69) is 5.32 Å². The molecule has 3 aromatic rings. The Balaban J connectivity index is 1.59. The van der Waals surface area contributed by atoms with Crippen molar-refractivity contribution in [3.8, 4) is 0 Å². The highest BCUT2D eigenvalue weighted by molar-refractivity contribution is 6.31. The number of aliphatic hydroxyl groups is 1. The van der Waals surface area contributed by atoms with Gasteiger partial charge in [-0.1, -0.05) is 55.1 Å². The molecule has 4 rings (SSSR count). The highest BCUT2D eigenvalue weighted by Gasteiger charge is 2.24. The third-order valence-corrected chi connectivity index (χ3v) is 6.28. The zero-order chi connectivity index (χ0) is 21.1. The maximum atomic E-state index is 13.1. The molecule has 2 N–H and O–H groups in total. The van der Waals surface area contributed by atoms with Gasteiger partial charge in [-0.3, -0.25) is 14.2 Å². The number of carbonyl (C=O) groups is 1. The lowest BCUT2D eigenvalue weighted by atomic mass is 9.88. The fraction of sp³-hybridized carbons (Fsp3) is 0.333. The molecule has 0 radical (unpaired) electrons. The van der Waals surface area contributed by atoms with Gasteiger partial charge in [-0.05, 0) is 42.7 Å². The molecule has 1 amide bonds. The molecule has 6 heteroatoms. The van der Waals surface area contributed by atoms with Crippen LogP contribution in [0.25, 0.3) is 10.8 Å². The Hall–Kier alpha value is -2.63. The van der Waals surface area contributed by atoms with Gasteiger partial charge in [-0.2, -0.15) is 0 Å². The Morgan fingerprint density at radius 2 is 1.83 bits per heavy atom. The van der Waals surface area contributed by atoms with Crippen molar-refractivity contribution in [2.75, 3.05) is 5.32 Å². The largest absolute Gasteiger partial charge is 0.373 e. The molecule has 1 fully saturated rings. The molecule has 0 spiro atoms. The van der Waals surface area contributed by atoms with Gasteiger partial charge in [-0.15, -0.1) is 0 Å². The number of fused-ring (bicyclic) bond motifs is 1. The van der Waals surface area contributed by atoms with Crippen LogP contribution in [0, 0.1) is 5.92 Å². The molecular weight excluding hydrogens is 400 g/mol. The number of pyridine rings is 1. The number of nitrogens with zero attached hydrogens (tertiary/aromatic N) is 1. The molecule has 0 aliphatic heterocycles. The van der Waals surface area contributed by atoms with Gasteiger partial charge in [0.2, 0.25) is 5.91 Å². The van der Waals surface area contributed by atoms with Crippen molar-refractivity contribution >= 4 is 34.0 Å². The van der Waals surface area contributed by atoms with Gasteiger partial charge in [-0.25, -0.2) is 0 Å². The number of carbonyl (C=O) groups excluding carboxylic acids is 1. The second kappa shape index (κ2) is 9.02. The molecule has 2 aromatic carbocycles. The lowest BCUT2D eigenvalue weighted by Crippen LogP contribution is -2.30. The smallest absolute Gasteiger partial charge is 0.260 e. The number of anilines is 1. The molecule has 1 unspecified atom stereocenters. The number of benzene rings is 2. The van der Waals surface area contributed by atoms with E-state index in [0.717, 1.165) is 31.2 Å². The normalized spacial score (nSPS) is 15.8. The van der Waals surface area contributed by atoms with Gasteiger partial charge >= 0.3 is 0 Å². The number of rotatable bonds is 5. The Labute approximate surface area is 180 Å². The Morgan fingerprint density at radius 1 is 1.07 bits per heavy atom. The first kappa shape index (κ1) is 20.6. The molecule has 1 aromatic heterocycles. The Kier molecular flexibility index (Phi) is 6.21. The van der Waals surface area contributed by atoms with Crippen LogP contribution in [0.4, 0.5) is 5.69 Å². The van der Waals surface area contributed by atoms with Crippen molar-refractivity contribution in [3.05, 3.63) is 75.7 Å². The lowest BCUT2D eigenvalue weighted by molar-refractivity contribution is -0.115. The van der Waals surface area contributed by atoms with Crippen LogP contribution in [0.15, 0.2) is 59.5 Å². The van der Waals surface area contributed by atoms with Crippen LogP contribution in [0.3, 0.4) is 0 Å². The lowest BCUT2D eigenvalue weighted by Gasteiger charge is -2.28. The minimum absolute atomic E-state index is 0.104. The second-order valence-electron chi connectivity index (χ2n) is 7.92. The van der Waals surface area contributed by atoms with Crippen LogP contribution < -0.4 is 10.9 Å². The quantitative estimate of drug-likeness (QED) is 0.611. The van der Waals surface area contributed by atoms with E-state index in [9.17, 15) is 14.7 Å². The maximum absolute atomic E-state index is 13.1. The standard InChI is InChI=1S/C24H25ClN2O3/c25-20-11-5-4-9-17(20)15-22(28)26-21-12-6-10-19-18(21)13-14-27(24(19)30)23(29)16-7-2-1-3-8-16/h4-6,9-14,16,23,29H,1-3,7-8,15H2,(H,26,28). The van der Waals surface area contributed by atoms with E-state index >= 15 is 0 Å². The predicted octanol–water partition coefficient (Wildman–Crippen LogP) is 4.91. The fourth-order valence-electron chi connectivity index (χ4n) is 4.28. The second-order valence-corrected chi connectivity index (χ2v) is 8.33. The monoisotopic (exact) mass is 424 g/mol. The number of halogens is 1. The van der Waals surface area contributed by atoms with Gasteiger partial charge in [0.05, 0.1) is 6.42 Å². The van der Waals surface area contributed by atoms with E-state index < -0.39 is 6.23 Å². The average Bonchev–Trinajstić information content (AvgIpc) is 2.76. The summed E-state index contributed by atoms with van der Waals surface area (Å²) in [5.41, 5.74) is 1.07. The van der Waals surface area contributed by atoms with E-state index in [4.69, 9.17) is 11.6 Å². The highest BCUT2D eigenvalue weighted by Crippen LogP contribution is 2.31. The van der Waals surface area contributed by atoms with Gasteiger partial charge in [0.1, 0.15) is 6.23 Å².